The lowest BCUT2D eigenvalue weighted by molar-refractivity contribution is -0.149. The molecule has 1 N–H and O–H groups in total. The summed E-state index contributed by atoms with van der Waals surface area (Å²) in [4.78, 5) is 13.9. The Bertz CT molecular complexity index is 166. The summed E-state index contributed by atoms with van der Waals surface area (Å²) >= 11 is 0. The second-order valence-corrected chi connectivity index (χ2v) is 2.39. The van der Waals surface area contributed by atoms with Gasteiger partial charge in [0.25, 0.3) is 0 Å². The maximum atomic E-state index is 12.8. The van der Waals surface area contributed by atoms with Gasteiger partial charge in [0, 0.05) is 19.2 Å². The molecule has 1 atom stereocenters. The predicted octanol–water partition coefficient (Wildman–Crippen LogP) is 1.28. The molecule has 0 bridgehead atoms. The van der Waals surface area contributed by atoms with Crippen LogP contribution in [0.4, 0.5) is 4.39 Å². The zero-order chi connectivity index (χ0) is 8.91. The van der Waals surface area contributed by atoms with Crippen LogP contribution in [0.5, 0.6) is 0 Å². The fourth-order valence-electron chi connectivity index (χ4n) is 0.452. The minimum atomic E-state index is -2.18. The minimum Gasteiger partial charge on any atom is -0.479 e. The predicted molar refractivity (Wildman–Crippen MR) is 40.8 cm³/mol. The molecular formula is C7H12FNO2. The number of halogens is 1. The molecule has 0 rings (SSSR count). The number of aliphatic imine (C=N–C) groups is 1. The van der Waals surface area contributed by atoms with E-state index in [0.29, 0.717) is 6.54 Å². The number of carboxylic acids is 1. The first kappa shape index (κ1) is 10.1. The zero-order valence-corrected chi connectivity index (χ0v) is 6.67. The van der Waals surface area contributed by atoms with Gasteiger partial charge in [-0.1, -0.05) is 0 Å². The Kier molecular flexibility index (Phi) is 3.71. The monoisotopic (exact) mass is 161 g/mol. The highest BCUT2D eigenvalue weighted by molar-refractivity contribution is 5.80. The molecule has 3 nitrogen and oxygen atoms in total. The van der Waals surface area contributed by atoms with Crippen molar-refractivity contribution in [2.75, 3.05) is 6.54 Å². The lowest BCUT2D eigenvalue weighted by Crippen LogP contribution is -2.29. The molecular weight excluding hydrogens is 149 g/mol. The Labute approximate surface area is 64.9 Å². The van der Waals surface area contributed by atoms with Gasteiger partial charge in [-0.2, -0.15) is 0 Å². The van der Waals surface area contributed by atoms with Gasteiger partial charge in [-0.05, 0) is 13.8 Å². The van der Waals surface area contributed by atoms with Gasteiger partial charge < -0.3 is 5.11 Å². The van der Waals surface area contributed by atoms with Crippen molar-refractivity contribution >= 4 is 12.2 Å². The van der Waals surface area contributed by atoms with Gasteiger partial charge in [-0.25, -0.2) is 9.18 Å². The molecule has 1 unspecified atom stereocenters. The van der Waals surface area contributed by atoms with E-state index in [1.807, 2.05) is 0 Å². The standard InChI is InChI=1S/C7H12FNO2/c1-3-9-5-4-7(2,8)6(10)11/h5H,3-4H2,1-2H3,(H,10,11)/b9-5-. The van der Waals surface area contributed by atoms with Crippen molar-refractivity contribution in [2.45, 2.75) is 25.9 Å². The second-order valence-electron chi connectivity index (χ2n) is 2.39. The van der Waals surface area contributed by atoms with Crippen LogP contribution in [0.15, 0.2) is 4.99 Å². The Morgan fingerprint density at radius 1 is 1.82 bits per heavy atom. The van der Waals surface area contributed by atoms with Crippen molar-refractivity contribution < 1.29 is 14.3 Å². The number of nitrogens with zero attached hydrogens (tertiary/aromatic N) is 1. The Morgan fingerprint density at radius 3 is 2.73 bits per heavy atom. The van der Waals surface area contributed by atoms with E-state index >= 15 is 0 Å². The van der Waals surface area contributed by atoms with Crippen molar-refractivity contribution in [3.63, 3.8) is 0 Å². The molecule has 4 heteroatoms. The lowest BCUT2D eigenvalue weighted by Gasteiger charge is -2.10. The van der Waals surface area contributed by atoms with Crippen LogP contribution in [-0.2, 0) is 4.79 Å². The summed E-state index contributed by atoms with van der Waals surface area (Å²) in [7, 11) is 0. The third-order valence-corrected chi connectivity index (χ3v) is 1.23. The topological polar surface area (TPSA) is 49.7 Å². The molecule has 0 aliphatic heterocycles. The molecule has 0 saturated carbocycles. The van der Waals surface area contributed by atoms with Crippen LogP contribution < -0.4 is 0 Å². The molecule has 0 aromatic heterocycles. The molecule has 0 aliphatic carbocycles. The quantitative estimate of drug-likeness (QED) is 0.631. The second kappa shape index (κ2) is 4.05. The third kappa shape index (κ3) is 3.70. The average Bonchev–Trinajstić information content (AvgIpc) is 1.88. The number of hydrogen-bond donors (Lipinski definition) is 1. The summed E-state index contributed by atoms with van der Waals surface area (Å²) in [6, 6.07) is 0. The van der Waals surface area contributed by atoms with Crippen LogP contribution in [-0.4, -0.2) is 29.5 Å². The van der Waals surface area contributed by atoms with Gasteiger partial charge in [0.05, 0.1) is 0 Å². The minimum absolute atomic E-state index is 0.170. The van der Waals surface area contributed by atoms with E-state index in [0.717, 1.165) is 6.92 Å². The highest BCUT2D eigenvalue weighted by atomic mass is 19.1. The summed E-state index contributed by atoms with van der Waals surface area (Å²) in [6.07, 6.45) is 1.13. The molecule has 0 aromatic rings. The highest BCUT2D eigenvalue weighted by Crippen LogP contribution is 2.13. The summed E-state index contributed by atoms with van der Waals surface area (Å²) in [5, 5.41) is 8.30. The van der Waals surface area contributed by atoms with E-state index in [4.69, 9.17) is 5.11 Å². The van der Waals surface area contributed by atoms with E-state index in [1.165, 1.54) is 6.21 Å². The van der Waals surface area contributed by atoms with E-state index in [1.54, 1.807) is 6.92 Å². The largest absolute Gasteiger partial charge is 0.479 e. The van der Waals surface area contributed by atoms with Gasteiger partial charge >= 0.3 is 5.97 Å². The van der Waals surface area contributed by atoms with Crippen LogP contribution >= 0.6 is 0 Å². The smallest absolute Gasteiger partial charge is 0.341 e. The molecule has 0 amide bonds. The van der Waals surface area contributed by atoms with Crippen molar-refractivity contribution in [1.29, 1.82) is 0 Å². The number of carboxylic acid groups (broad SMARTS) is 1. The molecule has 0 fully saturated rings. The van der Waals surface area contributed by atoms with Crippen LogP contribution in [0, 0.1) is 0 Å². The number of alkyl halides is 1. The summed E-state index contributed by atoms with van der Waals surface area (Å²) < 4.78 is 12.8. The summed E-state index contributed by atoms with van der Waals surface area (Å²) in [6.45, 7) is 3.37. The van der Waals surface area contributed by atoms with Gasteiger partial charge in [0.1, 0.15) is 0 Å². The number of aliphatic carboxylic acids is 1. The van der Waals surface area contributed by atoms with E-state index < -0.39 is 11.6 Å². The maximum absolute atomic E-state index is 12.8. The van der Waals surface area contributed by atoms with Crippen LogP contribution in [0.25, 0.3) is 0 Å². The van der Waals surface area contributed by atoms with Gasteiger partial charge in [-0.3, -0.25) is 4.99 Å². The first-order chi connectivity index (χ1) is 5.00. The van der Waals surface area contributed by atoms with Gasteiger partial charge in [0.15, 0.2) is 0 Å². The van der Waals surface area contributed by atoms with Crippen molar-refractivity contribution in [2.24, 2.45) is 4.99 Å². The maximum Gasteiger partial charge on any atom is 0.341 e. The van der Waals surface area contributed by atoms with Crippen LogP contribution in [0.2, 0.25) is 0 Å². The molecule has 0 radical (unpaired) electrons. The van der Waals surface area contributed by atoms with E-state index in [2.05, 4.69) is 4.99 Å². The molecule has 0 aliphatic rings. The molecule has 0 spiro atoms. The zero-order valence-electron chi connectivity index (χ0n) is 6.67. The SMILES string of the molecule is CC/N=C\CC(C)(F)C(=O)O. The number of hydrogen-bond acceptors (Lipinski definition) is 2. The molecule has 11 heavy (non-hydrogen) atoms. The van der Waals surface area contributed by atoms with E-state index in [9.17, 15) is 9.18 Å². The fourth-order valence-corrected chi connectivity index (χ4v) is 0.452. The highest BCUT2D eigenvalue weighted by Gasteiger charge is 2.31. The first-order valence-electron chi connectivity index (χ1n) is 3.41. The fraction of sp³-hybridized carbons (Fsp3) is 0.714. The molecule has 0 saturated heterocycles. The summed E-state index contributed by atoms with van der Waals surface area (Å²) in [5.41, 5.74) is -2.18. The lowest BCUT2D eigenvalue weighted by atomic mass is 10.1. The van der Waals surface area contributed by atoms with Crippen LogP contribution in [0.3, 0.4) is 0 Å². The number of rotatable bonds is 4. The van der Waals surface area contributed by atoms with Crippen molar-refractivity contribution in [1.82, 2.24) is 0 Å². The summed E-state index contributed by atoms with van der Waals surface area (Å²) in [5.74, 6) is -1.44. The van der Waals surface area contributed by atoms with Gasteiger partial charge in [-0.15, -0.1) is 0 Å². The normalized spacial score (nSPS) is 16.6. The van der Waals surface area contributed by atoms with Crippen LogP contribution in [0.1, 0.15) is 20.3 Å². The average molecular weight is 161 g/mol. The number of carbonyl (C=O) groups is 1. The Hall–Kier alpha value is -0.930. The van der Waals surface area contributed by atoms with Crippen molar-refractivity contribution in [3.8, 4) is 0 Å². The molecule has 64 valence electrons. The van der Waals surface area contributed by atoms with Gasteiger partial charge in [0.2, 0.25) is 5.67 Å². The first-order valence-corrected chi connectivity index (χ1v) is 3.41. The molecule has 0 heterocycles. The molecule has 0 aromatic carbocycles. The van der Waals surface area contributed by atoms with Crippen molar-refractivity contribution in [3.05, 3.63) is 0 Å². The third-order valence-electron chi connectivity index (χ3n) is 1.23. The Balaban J connectivity index is 3.92. The van der Waals surface area contributed by atoms with E-state index in [-0.39, 0.29) is 6.42 Å². The Morgan fingerprint density at radius 2 is 2.36 bits per heavy atom.